The van der Waals surface area contributed by atoms with Crippen LogP contribution in [0.4, 0.5) is 37.8 Å². The number of halogens is 6. The van der Waals surface area contributed by atoms with Crippen LogP contribution in [-0.2, 0) is 9.53 Å². The highest BCUT2D eigenvalue weighted by molar-refractivity contribution is 5.95. The van der Waals surface area contributed by atoms with Crippen LogP contribution < -0.4 is 15.4 Å². The van der Waals surface area contributed by atoms with E-state index in [1.54, 1.807) is 6.92 Å². The molecule has 0 bridgehead atoms. The Balaban J connectivity index is 1.57. The predicted molar refractivity (Wildman–Crippen MR) is 97.1 cm³/mol. The Labute approximate surface area is 176 Å². The number of aromatic nitrogens is 2. The lowest BCUT2D eigenvalue weighted by atomic mass is 10.1. The summed E-state index contributed by atoms with van der Waals surface area (Å²) in [5, 5.41) is 8.72. The molecule has 0 aliphatic carbocycles. The van der Waals surface area contributed by atoms with E-state index in [2.05, 4.69) is 20.5 Å². The first-order valence-corrected chi connectivity index (χ1v) is 9.07. The normalized spacial score (nSPS) is 18.3. The molecule has 0 unspecified atom stereocenters. The van der Waals surface area contributed by atoms with Crippen LogP contribution in [0.15, 0.2) is 30.3 Å². The van der Waals surface area contributed by atoms with Crippen LogP contribution >= 0.6 is 0 Å². The van der Waals surface area contributed by atoms with Gasteiger partial charge in [-0.1, -0.05) is 0 Å². The van der Waals surface area contributed by atoms with Crippen molar-refractivity contribution in [2.24, 2.45) is 0 Å². The Morgan fingerprint density at radius 2 is 1.84 bits per heavy atom. The second-order valence-corrected chi connectivity index (χ2v) is 6.89. The molecule has 0 saturated carbocycles. The van der Waals surface area contributed by atoms with Crippen molar-refractivity contribution in [3.8, 4) is 5.75 Å². The van der Waals surface area contributed by atoms with Gasteiger partial charge in [-0.25, -0.2) is 9.48 Å². The summed E-state index contributed by atoms with van der Waals surface area (Å²) in [5.41, 5.74) is -0.318. The fourth-order valence-electron chi connectivity index (χ4n) is 3.00. The minimum Gasteiger partial charge on any atom is -0.451 e. The Kier molecular flexibility index (Phi) is 6.23. The fraction of sp³-hybridized carbons (Fsp3) is 0.389. The number of esters is 1. The highest BCUT2D eigenvalue weighted by Gasteiger charge is 2.45. The molecule has 0 saturated heterocycles. The molecule has 8 nitrogen and oxygen atoms in total. The lowest BCUT2D eigenvalue weighted by molar-refractivity contribution is -0.274. The van der Waals surface area contributed by atoms with Crippen LogP contribution in [0.2, 0.25) is 0 Å². The number of benzene rings is 1. The number of fused-ring (bicyclic) bond motifs is 1. The van der Waals surface area contributed by atoms with Gasteiger partial charge in [0.2, 0.25) is 0 Å². The van der Waals surface area contributed by atoms with Crippen LogP contribution in [0.3, 0.4) is 0 Å². The minimum absolute atomic E-state index is 0.0105. The van der Waals surface area contributed by atoms with Crippen LogP contribution in [0.25, 0.3) is 0 Å². The maximum Gasteiger partial charge on any atom is 0.573 e. The number of nitrogens with zero attached hydrogens (tertiary/aromatic N) is 2. The SMILES string of the molecule is C[C@H]1C[C@@H](C(F)(F)F)n2nc(C(=O)OCC(=O)Nc3ccc(OC(F)(F)F)cc3)cc2N1. The monoisotopic (exact) mass is 466 g/mol. The zero-order valence-corrected chi connectivity index (χ0v) is 16.3. The summed E-state index contributed by atoms with van der Waals surface area (Å²) < 4.78 is 85.3. The van der Waals surface area contributed by atoms with Gasteiger partial charge in [0, 0.05) is 17.8 Å². The fourth-order valence-corrected chi connectivity index (χ4v) is 3.00. The van der Waals surface area contributed by atoms with E-state index in [0.717, 1.165) is 30.3 Å². The van der Waals surface area contributed by atoms with Gasteiger partial charge < -0.3 is 20.1 Å². The summed E-state index contributed by atoms with van der Waals surface area (Å²) in [4.78, 5) is 24.0. The highest BCUT2D eigenvalue weighted by Crippen LogP contribution is 2.39. The molecule has 14 heteroatoms. The van der Waals surface area contributed by atoms with Gasteiger partial charge in [-0.05, 0) is 37.6 Å². The molecule has 32 heavy (non-hydrogen) atoms. The number of ether oxygens (including phenoxy) is 2. The molecule has 0 radical (unpaired) electrons. The van der Waals surface area contributed by atoms with Crippen LogP contribution in [0.5, 0.6) is 5.75 Å². The highest BCUT2D eigenvalue weighted by atomic mass is 19.4. The van der Waals surface area contributed by atoms with Crippen molar-refractivity contribution in [3.63, 3.8) is 0 Å². The number of anilines is 2. The first-order chi connectivity index (χ1) is 14.8. The maximum absolute atomic E-state index is 13.2. The third-order valence-corrected chi connectivity index (χ3v) is 4.30. The molecular weight excluding hydrogens is 450 g/mol. The van der Waals surface area contributed by atoms with E-state index < -0.39 is 54.5 Å². The summed E-state index contributed by atoms with van der Waals surface area (Å²) in [6, 6.07) is 2.87. The number of hydrogen-bond acceptors (Lipinski definition) is 6. The van der Waals surface area contributed by atoms with Crippen molar-refractivity contribution in [2.45, 2.75) is 38.0 Å². The molecule has 1 aliphatic rings. The summed E-state index contributed by atoms with van der Waals surface area (Å²) >= 11 is 0. The summed E-state index contributed by atoms with van der Waals surface area (Å²) in [6.45, 7) is 0.758. The molecule has 0 fully saturated rings. The summed E-state index contributed by atoms with van der Waals surface area (Å²) in [7, 11) is 0. The van der Waals surface area contributed by atoms with E-state index in [0.29, 0.717) is 4.68 Å². The molecule has 1 aliphatic heterocycles. The minimum atomic E-state index is -4.86. The van der Waals surface area contributed by atoms with E-state index >= 15 is 0 Å². The van der Waals surface area contributed by atoms with E-state index in [1.165, 1.54) is 0 Å². The number of amides is 1. The van der Waals surface area contributed by atoms with E-state index in [-0.39, 0.29) is 17.9 Å². The van der Waals surface area contributed by atoms with Crippen molar-refractivity contribution in [1.82, 2.24) is 9.78 Å². The van der Waals surface area contributed by atoms with Crippen LogP contribution in [0, 0.1) is 0 Å². The largest absolute Gasteiger partial charge is 0.573 e. The molecule has 2 N–H and O–H groups in total. The van der Waals surface area contributed by atoms with E-state index in [4.69, 9.17) is 4.74 Å². The number of rotatable bonds is 5. The van der Waals surface area contributed by atoms with Gasteiger partial charge in [-0.3, -0.25) is 4.79 Å². The molecule has 0 spiro atoms. The van der Waals surface area contributed by atoms with Gasteiger partial charge in [0.15, 0.2) is 18.3 Å². The first-order valence-electron chi connectivity index (χ1n) is 9.07. The smallest absolute Gasteiger partial charge is 0.451 e. The first kappa shape index (κ1) is 23.2. The number of nitrogens with one attached hydrogen (secondary N) is 2. The van der Waals surface area contributed by atoms with Crippen molar-refractivity contribution in [1.29, 1.82) is 0 Å². The van der Waals surface area contributed by atoms with Crippen molar-refractivity contribution >= 4 is 23.4 Å². The lowest BCUT2D eigenvalue weighted by Gasteiger charge is -2.31. The molecule has 3 rings (SSSR count). The van der Waals surface area contributed by atoms with Crippen LogP contribution in [0.1, 0.15) is 29.9 Å². The maximum atomic E-state index is 13.2. The standard InChI is InChI=1S/C18H16F6N4O4/c1-9-6-13(17(19,20)21)28-14(25-9)7-12(27-28)16(30)31-8-15(29)26-10-2-4-11(5-3-10)32-18(22,23)24/h2-5,7,9,13,25H,6,8H2,1H3,(H,26,29)/t9-,13-/m0/s1. The van der Waals surface area contributed by atoms with Crippen molar-refractivity contribution < 1.29 is 45.4 Å². The molecule has 2 heterocycles. The van der Waals surface area contributed by atoms with Crippen LogP contribution in [-0.4, -0.2) is 46.8 Å². The third-order valence-electron chi connectivity index (χ3n) is 4.30. The number of carbonyl (C=O) groups excluding carboxylic acids is 2. The topological polar surface area (TPSA) is 94.5 Å². The van der Waals surface area contributed by atoms with E-state index in [9.17, 15) is 35.9 Å². The predicted octanol–water partition coefficient (Wildman–Crippen LogP) is 3.88. The van der Waals surface area contributed by atoms with Gasteiger partial charge in [-0.15, -0.1) is 13.2 Å². The van der Waals surface area contributed by atoms with Gasteiger partial charge in [0.1, 0.15) is 11.6 Å². The Bertz CT molecular complexity index is 987. The Hall–Kier alpha value is -3.45. The average molecular weight is 466 g/mol. The number of carbonyl (C=O) groups is 2. The second-order valence-electron chi connectivity index (χ2n) is 6.89. The molecule has 2 aromatic rings. The van der Waals surface area contributed by atoms with Gasteiger partial charge >= 0.3 is 18.5 Å². The zero-order valence-electron chi connectivity index (χ0n) is 16.3. The summed E-state index contributed by atoms with van der Waals surface area (Å²) in [5.74, 6) is -2.45. The molecule has 174 valence electrons. The summed E-state index contributed by atoms with van der Waals surface area (Å²) in [6.07, 6.45) is -9.71. The number of alkyl halides is 6. The average Bonchev–Trinajstić information content (AvgIpc) is 3.09. The quantitative estimate of drug-likeness (QED) is 0.513. The van der Waals surface area contributed by atoms with E-state index in [1.807, 2.05) is 0 Å². The Morgan fingerprint density at radius 3 is 2.44 bits per heavy atom. The van der Waals surface area contributed by atoms with Gasteiger partial charge in [0.25, 0.3) is 5.91 Å². The second kappa shape index (κ2) is 8.59. The zero-order chi connectivity index (χ0) is 23.7. The number of hydrogen-bond donors (Lipinski definition) is 2. The Morgan fingerprint density at radius 1 is 1.19 bits per heavy atom. The molecule has 1 amide bonds. The molecule has 2 atom stereocenters. The van der Waals surface area contributed by atoms with Gasteiger partial charge in [0.05, 0.1) is 0 Å². The molecule has 1 aromatic heterocycles. The molecule has 1 aromatic carbocycles. The lowest BCUT2D eigenvalue weighted by Crippen LogP contribution is -2.37. The van der Waals surface area contributed by atoms with Crippen molar-refractivity contribution in [3.05, 3.63) is 36.0 Å². The van der Waals surface area contributed by atoms with Crippen molar-refractivity contribution in [2.75, 3.05) is 17.2 Å². The third kappa shape index (κ3) is 5.82. The molecular formula is C18H16F6N4O4. The van der Waals surface area contributed by atoms with Gasteiger partial charge in [-0.2, -0.15) is 18.3 Å².